The zero-order valence-electron chi connectivity index (χ0n) is 19.2. The van der Waals surface area contributed by atoms with Crippen LogP contribution in [0.3, 0.4) is 0 Å². The van der Waals surface area contributed by atoms with E-state index in [0.29, 0.717) is 18.2 Å². The summed E-state index contributed by atoms with van der Waals surface area (Å²) in [5, 5.41) is 24.5. The number of nitrogen functional groups attached to an aromatic ring is 1. The van der Waals surface area contributed by atoms with Crippen molar-refractivity contribution in [2.75, 3.05) is 5.73 Å². The van der Waals surface area contributed by atoms with Gasteiger partial charge in [0.25, 0.3) is 0 Å². The normalized spacial score (nSPS) is 31.3. The number of aromatic nitrogens is 4. The van der Waals surface area contributed by atoms with Gasteiger partial charge in [0, 0.05) is 22.4 Å². The molecule has 0 amide bonds. The Morgan fingerprint density at radius 1 is 1.12 bits per heavy atom. The van der Waals surface area contributed by atoms with Crippen LogP contribution in [0.5, 0.6) is 0 Å². The van der Waals surface area contributed by atoms with Crippen LogP contribution in [0.1, 0.15) is 49.4 Å². The van der Waals surface area contributed by atoms with Gasteiger partial charge in [-0.15, -0.1) is 0 Å². The van der Waals surface area contributed by atoms with Gasteiger partial charge >= 0.3 is 0 Å². The Balaban J connectivity index is 1.33. The Bertz CT molecular complexity index is 1420. The number of aliphatic hydroxyl groups is 2. The molecule has 2 fully saturated rings. The van der Waals surface area contributed by atoms with E-state index in [9.17, 15) is 10.2 Å². The van der Waals surface area contributed by atoms with Crippen LogP contribution in [-0.2, 0) is 0 Å². The van der Waals surface area contributed by atoms with Crippen molar-refractivity contribution in [2.24, 2.45) is 11.3 Å². The minimum atomic E-state index is -0.841. The lowest BCUT2D eigenvalue weighted by molar-refractivity contribution is -0.0270. The summed E-state index contributed by atoms with van der Waals surface area (Å²) in [7, 11) is 0. The molecule has 7 nitrogen and oxygen atoms in total. The van der Waals surface area contributed by atoms with Crippen molar-refractivity contribution in [3.63, 3.8) is 0 Å². The van der Waals surface area contributed by atoms with Gasteiger partial charge in [0.2, 0.25) is 0 Å². The number of pyridine rings is 1. The Kier molecular flexibility index (Phi) is 4.99. The summed E-state index contributed by atoms with van der Waals surface area (Å²) >= 11 is 3.46. The van der Waals surface area contributed by atoms with Crippen LogP contribution in [0, 0.1) is 18.3 Å². The lowest BCUT2D eigenvalue weighted by Gasteiger charge is -2.28. The van der Waals surface area contributed by atoms with Gasteiger partial charge in [-0.3, -0.25) is 0 Å². The molecule has 34 heavy (non-hydrogen) atoms. The zero-order chi connectivity index (χ0) is 23.8. The van der Waals surface area contributed by atoms with Gasteiger partial charge in [0.05, 0.1) is 27.8 Å². The number of aryl methyl sites for hydroxylation is 1. The number of anilines is 1. The maximum atomic E-state index is 11.3. The third-order valence-corrected chi connectivity index (χ3v) is 8.95. The van der Waals surface area contributed by atoms with Gasteiger partial charge in [0.15, 0.2) is 0 Å². The van der Waals surface area contributed by atoms with Crippen molar-refractivity contribution in [1.82, 2.24) is 19.5 Å². The standard InChI is InChI=1S/C26H28BrN5O2/c1-13-9-26(10-18(13)15-3-4-16-7-19(27)24(28)31-20(16)8-15)11-21(22(33)23(26)34)32-6-5-17-14(2)29-12-30-25(17)32/h3-8,12-13,18,21-23,33-34H,9-11H2,1-2H3,(H2,28,31). The van der Waals surface area contributed by atoms with Crippen LogP contribution in [0.15, 0.2) is 47.3 Å². The minimum absolute atomic E-state index is 0.219. The fraction of sp³-hybridized carbons (Fsp3) is 0.423. The van der Waals surface area contributed by atoms with E-state index in [-0.39, 0.29) is 17.4 Å². The highest BCUT2D eigenvalue weighted by atomic mass is 79.9. The van der Waals surface area contributed by atoms with Crippen molar-refractivity contribution in [2.45, 2.75) is 57.3 Å². The van der Waals surface area contributed by atoms with Crippen LogP contribution in [0.25, 0.3) is 21.9 Å². The van der Waals surface area contributed by atoms with Crippen molar-refractivity contribution in [3.8, 4) is 0 Å². The number of nitrogens with zero attached hydrogens (tertiary/aromatic N) is 4. The van der Waals surface area contributed by atoms with Crippen LogP contribution in [-0.4, -0.2) is 41.9 Å². The van der Waals surface area contributed by atoms with Gasteiger partial charge in [-0.2, -0.15) is 0 Å². The molecule has 2 aliphatic rings. The van der Waals surface area contributed by atoms with E-state index in [1.54, 1.807) is 6.33 Å². The van der Waals surface area contributed by atoms with Gasteiger partial charge in [-0.1, -0.05) is 19.1 Å². The van der Waals surface area contributed by atoms with Gasteiger partial charge < -0.3 is 20.5 Å². The first-order valence-electron chi connectivity index (χ1n) is 11.8. The molecule has 0 radical (unpaired) electrons. The molecular weight excluding hydrogens is 494 g/mol. The summed E-state index contributed by atoms with van der Waals surface area (Å²) in [6, 6.07) is 10.2. The van der Waals surface area contributed by atoms with E-state index in [2.05, 4.69) is 56.0 Å². The number of hydrogen-bond acceptors (Lipinski definition) is 6. The monoisotopic (exact) mass is 521 g/mol. The summed E-state index contributed by atoms with van der Waals surface area (Å²) in [5.74, 6) is 1.13. The minimum Gasteiger partial charge on any atom is -0.390 e. The van der Waals surface area contributed by atoms with Crippen LogP contribution >= 0.6 is 15.9 Å². The Hall–Kier alpha value is -2.55. The smallest absolute Gasteiger partial charge is 0.143 e. The molecule has 3 heterocycles. The molecule has 0 bridgehead atoms. The fourth-order valence-corrected chi connectivity index (χ4v) is 6.96. The number of hydrogen-bond donors (Lipinski definition) is 3. The highest BCUT2D eigenvalue weighted by Gasteiger charge is 2.58. The van der Waals surface area contributed by atoms with Crippen molar-refractivity contribution in [1.29, 1.82) is 0 Å². The largest absolute Gasteiger partial charge is 0.390 e. The lowest BCUT2D eigenvalue weighted by Crippen LogP contribution is -2.35. The molecule has 176 valence electrons. The summed E-state index contributed by atoms with van der Waals surface area (Å²) in [6.45, 7) is 4.21. The molecule has 4 N–H and O–H groups in total. The highest BCUT2D eigenvalue weighted by molar-refractivity contribution is 9.10. The summed E-state index contributed by atoms with van der Waals surface area (Å²) in [6.07, 6.45) is 4.33. The summed E-state index contributed by atoms with van der Waals surface area (Å²) in [5.41, 5.74) is 9.51. The van der Waals surface area contributed by atoms with E-state index in [1.807, 2.05) is 29.8 Å². The van der Waals surface area contributed by atoms with E-state index < -0.39 is 12.2 Å². The number of nitrogens with two attached hydrogens (primary N) is 1. The predicted octanol–water partition coefficient (Wildman–Crippen LogP) is 4.50. The first-order valence-corrected chi connectivity index (χ1v) is 12.6. The summed E-state index contributed by atoms with van der Waals surface area (Å²) in [4.78, 5) is 13.3. The second-order valence-corrected chi connectivity index (χ2v) is 11.1. The van der Waals surface area contributed by atoms with Crippen LogP contribution < -0.4 is 5.73 Å². The number of aliphatic hydroxyl groups excluding tert-OH is 2. The zero-order valence-corrected chi connectivity index (χ0v) is 20.8. The van der Waals surface area contributed by atoms with Crippen molar-refractivity contribution < 1.29 is 10.2 Å². The van der Waals surface area contributed by atoms with Crippen molar-refractivity contribution >= 4 is 43.7 Å². The average Bonchev–Trinajstić information content (AvgIpc) is 3.45. The van der Waals surface area contributed by atoms with E-state index in [0.717, 1.165) is 44.9 Å². The number of halogens is 1. The topological polar surface area (TPSA) is 110 Å². The molecule has 8 heteroatoms. The lowest BCUT2D eigenvalue weighted by atomic mass is 9.80. The average molecular weight is 522 g/mol. The first-order chi connectivity index (χ1) is 16.3. The van der Waals surface area contributed by atoms with Crippen molar-refractivity contribution in [3.05, 3.63) is 58.6 Å². The Morgan fingerprint density at radius 2 is 1.94 bits per heavy atom. The predicted molar refractivity (Wildman–Crippen MR) is 135 cm³/mol. The van der Waals surface area contributed by atoms with Crippen LogP contribution in [0.4, 0.5) is 5.82 Å². The van der Waals surface area contributed by atoms with E-state index in [1.165, 1.54) is 5.56 Å². The molecule has 2 aliphatic carbocycles. The van der Waals surface area contributed by atoms with Gasteiger partial charge in [-0.25, -0.2) is 15.0 Å². The summed E-state index contributed by atoms with van der Waals surface area (Å²) < 4.78 is 2.83. The Morgan fingerprint density at radius 3 is 2.76 bits per heavy atom. The Labute approximate surface area is 206 Å². The molecule has 4 aromatic rings. The fourth-order valence-electron chi connectivity index (χ4n) is 6.62. The highest BCUT2D eigenvalue weighted by Crippen LogP contribution is 2.60. The molecule has 2 saturated carbocycles. The number of fused-ring (bicyclic) bond motifs is 2. The molecule has 6 atom stereocenters. The molecular formula is C26H28BrN5O2. The van der Waals surface area contributed by atoms with E-state index in [4.69, 9.17) is 5.73 Å². The number of rotatable bonds is 2. The molecule has 0 saturated heterocycles. The number of benzene rings is 1. The van der Waals surface area contributed by atoms with E-state index >= 15 is 0 Å². The third-order valence-electron chi connectivity index (χ3n) is 8.32. The third kappa shape index (κ3) is 3.19. The molecule has 6 rings (SSSR count). The SMILES string of the molecule is Cc1ncnc2c1ccn2C1CC2(CC(C)C(c3ccc4cc(Br)c(N)nc4c3)C2)C(O)C1O. The van der Waals surface area contributed by atoms with Gasteiger partial charge in [0.1, 0.15) is 23.9 Å². The first kappa shape index (κ1) is 21.9. The second-order valence-electron chi connectivity index (χ2n) is 10.3. The molecule has 3 aromatic heterocycles. The second kappa shape index (κ2) is 7.73. The molecule has 0 aliphatic heterocycles. The quantitative estimate of drug-likeness (QED) is 0.358. The molecule has 1 aromatic carbocycles. The maximum absolute atomic E-state index is 11.3. The molecule has 6 unspecified atom stereocenters. The maximum Gasteiger partial charge on any atom is 0.143 e. The van der Waals surface area contributed by atoms with Crippen LogP contribution in [0.2, 0.25) is 0 Å². The molecule has 1 spiro atoms. The van der Waals surface area contributed by atoms with Gasteiger partial charge in [-0.05, 0) is 77.7 Å².